The third-order valence-corrected chi connectivity index (χ3v) is 3.39. The predicted octanol–water partition coefficient (Wildman–Crippen LogP) is 0.567. The average molecular weight is 256 g/mol. The van der Waals surface area contributed by atoms with Crippen molar-refractivity contribution in [2.24, 2.45) is 0 Å². The SMILES string of the molecule is CCNc1nnc(C(=O)N(CCO)C2CC2)s1. The number of aliphatic hydroxyl groups excluding tert-OH is 1. The molecular weight excluding hydrogens is 240 g/mol. The van der Waals surface area contributed by atoms with Gasteiger partial charge in [0.25, 0.3) is 5.91 Å². The fourth-order valence-corrected chi connectivity index (χ4v) is 2.37. The highest BCUT2D eigenvalue weighted by atomic mass is 32.1. The van der Waals surface area contributed by atoms with E-state index >= 15 is 0 Å². The number of anilines is 1. The van der Waals surface area contributed by atoms with E-state index in [4.69, 9.17) is 5.11 Å². The van der Waals surface area contributed by atoms with Crippen molar-refractivity contribution in [2.75, 3.05) is 25.0 Å². The number of nitrogens with one attached hydrogen (secondary N) is 1. The molecule has 2 rings (SSSR count). The van der Waals surface area contributed by atoms with Crippen LogP contribution in [0.5, 0.6) is 0 Å². The van der Waals surface area contributed by atoms with Crippen LogP contribution in [0, 0.1) is 0 Å². The summed E-state index contributed by atoms with van der Waals surface area (Å²) in [5.74, 6) is -0.122. The topological polar surface area (TPSA) is 78.4 Å². The van der Waals surface area contributed by atoms with Gasteiger partial charge in [0.05, 0.1) is 6.61 Å². The number of rotatable bonds is 6. The highest BCUT2D eigenvalue weighted by Crippen LogP contribution is 2.28. The predicted molar refractivity (Wildman–Crippen MR) is 65.2 cm³/mol. The molecule has 0 aromatic carbocycles. The average Bonchev–Trinajstić information content (AvgIpc) is 3.06. The number of carbonyl (C=O) groups is 1. The first-order chi connectivity index (χ1) is 8.26. The third-order valence-electron chi connectivity index (χ3n) is 2.53. The monoisotopic (exact) mass is 256 g/mol. The van der Waals surface area contributed by atoms with Gasteiger partial charge in [-0.15, -0.1) is 10.2 Å². The lowest BCUT2D eigenvalue weighted by molar-refractivity contribution is 0.0706. The normalized spacial score (nSPS) is 14.7. The molecule has 0 radical (unpaired) electrons. The number of nitrogens with zero attached hydrogens (tertiary/aromatic N) is 3. The molecule has 1 amide bonds. The van der Waals surface area contributed by atoms with E-state index in [1.165, 1.54) is 11.3 Å². The molecule has 0 spiro atoms. The second-order valence-corrected chi connectivity index (χ2v) is 4.87. The first-order valence-corrected chi connectivity index (χ1v) is 6.57. The van der Waals surface area contributed by atoms with Crippen LogP contribution in [0.25, 0.3) is 0 Å². The number of hydrogen-bond acceptors (Lipinski definition) is 6. The Morgan fingerprint density at radius 2 is 2.35 bits per heavy atom. The molecule has 1 aliphatic rings. The molecule has 1 heterocycles. The van der Waals surface area contributed by atoms with Crippen LogP contribution >= 0.6 is 11.3 Å². The van der Waals surface area contributed by atoms with Gasteiger partial charge in [-0.05, 0) is 19.8 Å². The van der Waals surface area contributed by atoms with Crippen molar-refractivity contribution in [1.82, 2.24) is 15.1 Å². The van der Waals surface area contributed by atoms with Gasteiger partial charge >= 0.3 is 0 Å². The molecule has 17 heavy (non-hydrogen) atoms. The minimum absolute atomic E-state index is 0.0128. The van der Waals surface area contributed by atoms with E-state index < -0.39 is 0 Å². The van der Waals surface area contributed by atoms with Gasteiger partial charge in [0.1, 0.15) is 0 Å². The molecule has 1 aromatic heterocycles. The summed E-state index contributed by atoms with van der Waals surface area (Å²) in [5, 5.41) is 20.8. The molecule has 6 nitrogen and oxygen atoms in total. The van der Waals surface area contributed by atoms with Crippen molar-refractivity contribution in [3.05, 3.63) is 5.01 Å². The maximum atomic E-state index is 12.1. The zero-order chi connectivity index (χ0) is 12.3. The summed E-state index contributed by atoms with van der Waals surface area (Å²) in [6, 6.07) is 0.279. The quantitative estimate of drug-likeness (QED) is 0.778. The lowest BCUT2D eigenvalue weighted by atomic mass is 10.4. The van der Waals surface area contributed by atoms with Crippen LogP contribution in [0.15, 0.2) is 0 Å². The van der Waals surface area contributed by atoms with Crippen molar-refractivity contribution in [1.29, 1.82) is 0 Å². The minimum Gasteiger partial charge on any atom is -0.395 e. The van der Waals surface area contributed by atoms with Crippen molar-refractivity contribution in [3.63, 3.8) is 0 Å². The van der Waals surface area contributed by atoms with E-state index in [2.05, 4.69) is 15.5 Å². The highest BCUT2D eigenvalue weighted by molar-refractivity contribution is 7.17. The Kier molecular flexibility index (Phi) is 3.90. The largest absolute Gasteiger partial charge is 0.395 e. The van der Waals surface area contributed by atoms with Crippen molar-refractivity contribution >= 4 is 22.4 Å². The van der Waals surface area contributed by atoms with E-state index in [1.807, 2.05) is 6.92 Å². The van der Waals surface area contributed by atoms with E-state index in [-0.39, 0.29) is 18.6 Å². The molecule has 0 unspecified atom stereocenters. The molecule has 94 valence electrons. The van der Waals surface area contributed by atoms with Gasteiger partial charge in [0, 0.05) is 19.1 Å². The Morgan fingerprint density at radius 1 is 1.59 bits per heavy atom. The smallest absolute Gasteiger partial charge is 0.285 e. The maximum absolute atomic E-state index is 12.1. The van der Waals surface area contributed by atoms with Crippen LogP contribution in [-0.4, -0.2) is 51.8 Å². The molecule has 1 aliphatic carbocycles. The second-order valence-electron chi connectivity index (χ2n) is 3.90. The van der Waals surface area contributed by atoms with E-state index in [0.717, 1.165) is 19.4 Å². The molecule has 0 bridgehead atoms. The molecular formula is C10H16N4O2S. The molecule has 0 aliphatic heterocycles. The zero-order valence-corrected chi connectivity index (χ0v) is 10.5. The Morgan fingerprint density at radius 3 is 2.94 bits per heavy atom. The van der Waals surface area contributed by atoms with Crippen molar-refractivity contribution < 1.29 is 9.90 Å². The first kappa shape index (κ1) is 12.3. The summed E-state index contributed by atoms with van der Waals surface area (Å²) in [6.45, 7) is 3.08. The van der Waals surface area contributed by atoms with Crippen LogP contribution in [0.1, 0.15) is 29.6 Å². The molecule has 0 atom stereocenters. The van der Waals surface area contributed by atoms with Crippen LogP contribution in [0.4, 0.5) is 5.13 Å². The Hall–Kier alpha value is -1.21. The number of aromatic nitrogens is 2. The van der Waals surface area contributed by atoms with Gasteiger partial charge in [-0.25, -0.2) is 0 Å². The van der Waals surface area contributed by atoms with Crippen molar-refractivity contribution in [2.45, 2.75) is 25.8 Å². The Labute approximate surface area is 104 Å². The lowest BCUT2D eigenvalue weighted by Gasteiger charge is -2.19. The van der Waals surface area contributed by atoms with E-state index in [0.29, 0.717) is 16.7 Å². The van der Waals surface area contributed by atoms with Gasteiger partial charge in [0.2, 0.25) is 10.1 Å². The molecule has 7 heteroatoms. The van der Waals surface area contributed by atoms with Crippen LogP contribution in [0.2, 0.25) is 0 Å². The van der Waals surface area contributed by atoms with E-state index in [1.54, 1.807) is 4.90 Å². The molecule has 1 saturated carbocycles. The maximum Gasteiger partial charge on any atom is 0.285 e. The summed E-state index contributed by atoms with van der Waals surface area (Å²) in [7, 11) is 0. The summed E-state index contributed by atoms with van der Waals surface area (Å²) in [4.78, 5) is 13.8. The first-order valence-electron chi connectivity index (χ1n) is 5.75. The molecule has 0 saturated heterocycles. The van der Waals surface area contributed by atoms with E-state index in [9.17, 15) is 4.79 Å². The minimum atomic E-state index is -0.122. The van der Waals surface area contributed by atoms with Gasteiger partial charge in [-0.2, -0.15) is 0 Å². The fourth-order valence-electron chi connectivity index (χ4n) is 1.60. The van der Waals surface area contributed by atoms with Gasteiger partial charge in [-0.3, -0.25) is 4.79 Å². The summed E-state index contributed by atoms with van der Waals surface area (Å²) >= 11 is 1.26. The third kappa shape index (κ3) is 2.92. The van der Waals surface area contributed by atoms with Gasteiger partial charge in [-0.1, -0.05) is 11.3 Å². The van der Waals surface area contributed by atoms with Gasteiger partial charge < -0.3 is 15.3 Å². The number of hydrogen-bond donors (Lipinski definition) is 2. The standard InChI is InChI=1S/C10H16N4O2S/c1-2-11-10-13-12-8(17-10)9(16)14(5-6-15)7-3-4-7/h7,15H,2-6H2,1H3,(H,11,13). The highest BCUT2D eigenvalue weighted by Gasteiger charge is 2.34. The number of amides is 1. The van der Waals surface area contributed by atoms with Crippen LogP contribution < -0.4 is 5.32 Å². The lowest BCUT2D eigenvalue weighted by Crippen LogP contribution is -2.35. The van der Waals surface area contributed by atoms with Gasteiger partial charge in [0.15, 0.2) is 0 Å². The van der Waals surface area contributed by atoms with Crippen molar-refractivity contribution in [3.8, 4) is 0 Å². The zero-order valence-electron chi connectivity index (χ0n) is 9.72. The molecule has 1 aromatic rings. The van der Waals surface area contributed by atoms with Crippen LogP contribution in [0.3, 0.4) is 0 Å². The van der Waals surface area contributed by atoms with Crippen LogP contribution in [-0.2, 0) is 0 Å². The number of carbonyl (C=O) groups excluding carboxylic acids is 1. The summed E-state index contributed by atoms with van der Waals surface area (Å²) in [6.07, 6.45) is 2.04. The summed E-state index contributed by atoms with van der Waals surface area (Å²) < 4.78 is 0. The Bertz CT molecular complexity index is 391. The number of aliphatic hydroxyl groups is 1. The summed E-state index contributed by atoms with van der Waals surface area (Å²) in [5.41, 5.74) is 0. The Balaban J connectivity index is 2.05. The second kappa shape index (κ2) is 5.42. The fraction of sp³-hybridized carbons (Fsp3) is 0.700. The molecule has 1 fully saturated rings. The molecule has 2 N–H and O–H groups in total.